The molecule has 0 aromatic carbocycles. The van der Waals surface area contributed by atoms with E-state index in [1.165, 1.54) is 12.3 Å². The number of halogens is 1. The van der Waals surface area contributed by atoms with Gasteiger partial charge in [0.1, 0.15) is 30.0 Å². The minimum absolute atomic E-state index is 0.634. The van der Waals surface area contributed by atoms with E-state index in [0.717, 1.165) is 0 Å². The SMILES string of the molecule is OC[C@H]1O[C@@H](O[C@@H]2OC=C[C@@H]3[C@H](O)[C@@H](Cl)[C@@](O)(CO)[C@@H]23)[C@@H](O)[C@@H](O)[C@H]1O. The smallest absolute Gasteiger partial charge is 0.208 e. The van der Waals surface area contributed by atoms with Gasteiger partial charge in [-0.15, -0.1) is 11.6 Å². The van der Waals surface area contributed by atoms with Gasteiger partial charge in [-0.1, -0.05) is 0 Å². The van der Waals surface area contributed by atoms with Crippen molar-refractivity contribution in [1.29, 1.82) is 0 Å². The lowest BCUT2D eigenvalue weighted by Gasteiger charge is -2.43. The molecule has 3 rings (SSSR count). The predicted octanol–water partition coefficient (Wildman–Crippen LogP) is -3.39. The third kappa shape index (κ3) is 3.04. The van der Waals surface area contributed by atoms with Crippen LogP contribution in [-0.2, 0) is 14.2 Å². The average molecular weight is 399 g/mol. The van der Waals surface area contributed by atoms with Crippen molar-refractivity contribution in [1.82, 2.24) is 0 Å². The molecule has 2 aliphatic heterocycles. The van der Waals surface area contributed by atoms with Crippen LogP contribution in [0.3, 0.4) is 0 Å². The van der Waals surface area contributed by atoms with Crippen molar-refractivity contribution >= 4 is 11.6 Å². The third-order valence-corrected chi connectivity index (χ3v) is 5.98. The van der Waals surface area contributed by atoms with Crippen molar-refractivity contribution in [2.45, 2.75) is 54.1 Å². The zero-order valence-corrected chi connectivity index (χ0v) is 14.3. The molecule has 11 atom stereocenters. The van der Waals surface area contributed by atoms with Crippen molar-refractivity contribution in [3.05, 3.63) is 12.3 Å². The van der Waals surface area contributed by atoms with Gasteiger partial charge in [-0.3, -0.25) is 0 Å². The lowest BCUT2D eigenvalue weighted by molar-refractivity contribution is -0.347. The minimum atomic E-state index is -1.94. The van der Waals surface area contributed by atoms with Gasteiger partial charge in [0.25, 0.3) is 0 Å². The summed E-state index contributed by atoms with van der Waals surface area (Å²) in [6.45, 7) is -1.41. The molecule has 11 heteroatoms. The Morgan fingerprint density at radius 1 is 1.00 bits per heavy atom. The summed E-state index contributed by atoms with van der Waals surface area (Å²) in [5.74, 6) is -1.69. The normalized spacial score (nSPS) is 54.0. The molecule has 0 unspecified atom stereocenters. The molecule has 1 aliphatic carbocycles. The number of ether oxygens (including phenoxy) is 3. The van der Waals surface area contributed by atoms with E-state index in [1.54, 1.807) is 0 Å². The van der Waals surface area contributed by atoms with Crippen molar-refractivity contribution in [3.8, 4) is 0 Å². The highest BCUT2D eigenvalue weighted by Crippen LogP contribution is 2.49. The Balaban J connectivity index is 1.82. The van der Waals surface area contributed by atoms with Gasteiger partial charge >= 0.3 is 0 Å². The number of hydrogen-bond acceptors (Lipinski definition) is 10. The third-order valence-electron chi connectivity index (χ3n) is 5.34. The lowest BCUT2D eigenvalue weighted by atomic mass is 9.84. The summed E-state index contributed by atoms with van der Waals surface area (Å²) in [6.07, 6.45) is -7.31. The number of aliphatic hydroxyl groups is 7. The molecular weight excluding hydrogens is 376 g/mol. The van der Waals surface area contributed by atoms with Gasteiger partial charge < -0.3 is 50.0 Å². The molecule has 150 valence electrons. The Labute approximate surface area is 153 Å². The van der Waals surface area contributed by atoms with Crippen LogP contribution in [0.25, 0.3) is 0 Å². The first-order chi connectivity index (χ1) is 12.3. The molecule has 0 aromatic rings. The van der Waals surface area contributed by atoms with Gasteiger partial charge in [-0.05, 0) is 6.08 Å². The highest BCUT2D eigenvalue weighted by molar-refractivity contribution is 6.22. The van der Waals surface area contributed by atoms with E-state index in [4.69, 9.17) is 25.8 Å². The minimum Gasteiger partial charge on any atom is -0.472 e. The maximum atomic E-state index is 10.7. The van der Waals surface area contributed by atoms with Gasteiger partial charge in [-0.25, -0.2) is 0 Å². The Kier molecular flexibility index (Phi) is 5.81. The fraction of sp³-hybridized carbons (Fsp3) is 0.867. The summed E-state index contributed by atoms with van der Waals surface area (Å²) in [6, 6.07) is 0. The predicted molar refractivity (Wildman–Crippen MR) is 83.5 cm³/mol. The summed E-state index contributed by atoms with van der Waals surface area (Å²) >= 11 is 6.08. The molecule has 0 amide bonds. The topological polar surface area (TPSA) is 169 Å². The molecule has 3 aliphatic rings. The molecule has 7 N–H and O–H groups in total. The number of fused-ring (bicyclic) bond motifs is 1. The first-order valence-electron chi connectivity index (χ1n) is 8.19. The van der Waals surface area contributed by atoms with E-state index in [2.05, 4.69) is 0 Å². The highest BCUT2D eigenvalue weighted by atomic mass is 35.5. The summed E-state index contributed by atoms with van der Waals surface area (Å²) in [7, 11) is 0. The van der Waals surface area contributed by atoms with Crippen molar-refractivity contribution in [2.75, 3.05) is 13.2 Å². The van der Waals surface area contributed by atoms with Crippen LogP contribution >= 0.6 is 11.6 Å². The van der Waals surface area contributed by atoms with Crippen LogP contribution in [-0.4, -0.2) is 103 Å². The molecule has 26 heavy (non-hydrogen) atoms. The van der Waals surface area contributed by atoms with E-state index in [-0.39, 0.29) is 0 Å². The standard InChI is InChI=1S/C15H23ClO10/c16-12-8(19)5-1-2-24-13(7(5)15(12,23)4-18)26-14-11(22)10(21)9(20)6(3-17)25-14/h1-2,5-14,17-23H,3-4H2/t5-,6+,7+,8-,9-,10-,11-,12+,13-,14-,15+/m0/s1. The first kappa shape index (κ1) is 20.2. The second-order valence-electron chi connectivity index (χ2n) is 6.81. The van der Waals surface area contributed by atoms with Crippen LogP contribution in [0.15, 0.2) is 12.3 Å². The van der Waals surface area contributed by atoms with Crippen molar-refractivity contribution in [3.63, 3.8) is 0 Å². The largest absolute Gasteiger partial charge is 0.472 e. The zero-order valence-electron chi connectivity index (χ0n) is 13.6. The molecule has 0 aromatic heterocycles. The Bertz CT molecular complexity index is 533. The number of alkyl halides is 1. The van der Waals surface area contributed by atoms with E-state index in [0.29, 0.717) is 0 Å². The van der Waals surface area contributed by atoms with Crippen LogP contribution in [0.2, 0.25) is 0 Å². The second-order valence-corrected chi connectivity index (χ2v) is 7.28. The van der Waals surface area contributed by atoms with Gasteiger partial charge in [-0.2, -0.15) is 0 Å². The molecule has 1 saturated heterocycles. The van der Waals surface area contributed by atoms with Gasteiger partial charge in [0.2, 0.25) is 6.29 Å². The van der Waals surface area contributed by atoms with Crippen LogP contribution in [0.1, 0.15) is 0 Å². The van der Waals surface area contributed by atoms with Gasteiger partial charge in [0.15, 0.2) is 6.29 Å². The molecule has 10 nitrogen and oxygen atoms in total. The lowest BCUT2D eigenvalue weighted by Crippen LogP contribution is -2.61. The summed E-state index contributed by atoms with van der Waals surface area (Å²) in [5, 5.41) is 68.3. The average Bonchev–Trinajstić information content (AvgIpc) is 2.85. The highest BCUT2D eigenvalue weighted by Gasteiger charge is 2.63. The molecule has 1 saturated carbocycles. The van der Waals surface area contributed by atoms with Crippen LogP contribution < -0.4 is 0 Å². The van der Waals surface area contributed by atoms with Crippen molar-refractivity contribution in [2.24, 2.45) is 11.8 Å². The number of rotatable bonds is 4. The Morgan fingerprint density at radius 2 is 1.69 bits per heavy atom. The molecule has 0 radical (unpaired) electrons. The van der Waals surface area contributed by atoms with Crippen molar-refractivity contribution < 1.29 is 50.0 Å². The van der Waals surface area contributed by atoms with Crippen LogP contribution in [0, 0.1) is 11.8 Å². The Morgan fingerprint density at radius 3 is 2.31 bits per heavy atom. The monoisotopic (exact) mass is 398 g/mol. The van der Waals surface area contributed by atoms with E-state index >= 15 is 0 Å². The molecule has 2 fully saturated rings. The first-order valence-corrected chi connectivity index (χ1v) is 8.63. The molecular formula is C15H23ClO10. The Hall–Kier alpha value is -0.530. The maximum absolute atomic E-state index is 10.7. The van der Waals surface area contributed by atoms with Crippen LogP contribution in [0.4, 0.5) is 0 Å². The fourth-order valence-electron chi connectivity index (χ4n) is 3.79. The van der Waals surface area contributed by atoms with E-state index < -0.39 is 79.1 Å². The maximum Gasteiger partial charge on any atom is 0.208 e. The van der Waals surface area contributed by atoms with Gasteiger partial charge in [0, 0.05) is 5.92 Å². The summed E-state index contributed by atoms with van der Waals surface area (Å²) in [5.41, 5.74) is -1.94. The van der Waals surface area contributed by atoms with Crippen LogP contribution in [0.5, 0.6) is 0 Å². The molecule has 0 bridgehead atoms. The molecule has 0 spiro atoms. The zero-order chi connectivity index (χ0) is 19.2. The second kappa shape index (κ2) is 7.47. The number of hydrogen-bond donors (Lipinski definition) is 7. The summed E-state index contributed by atoms with van der Waals surface area (Å²) < 4.78 is 16.1. The quantitative estimate of drug-likeness (QED) is 0.237. The van der Waals surface area contributed by atoms with E-state index in [9.17, 15) is 35.7 Å². The fourth-order valence-corrected chi connectivity index (χ4v) is 4.17. The summed E-state index contributed by atoms with van der Waals surface area (Å²) in [4.78, 5) is 0. The molecule has 2 heterocycles. The van der Waals surface area contributed by atoms with E-state index in [1.807, 2.05) is 0 Å². The number of aliphatic hydroxyl groups excluding tert-OH is 6. The van der Waals surface area contributed by atoms with Gasteiger partial charge in [0.05, 0.1) is 36.9 Å².